The van der Waals surface area contributed by atoms with Gasteiger partial charge in [0.15, 0.2) is 0 Å². The molecule has 1 atom stereocenters. The van der Waals surface area contributed by atoms with Gasteiger partial charge in [0.05, 0.1) is 11.4 Å². The Morgan fingerprint density at radius 2 is 1.62 bits per heavy atom. The van der Waals surface area contributed by atoms with Crippen LogP contribution in [0.25, 0.3) is 0 Å². The molecule has 0 bridgehead atoms. The Morgan fingerprint density at radius 1 is 1.00 bits per heavy atom. The minimum Gasteiger partial charge on any atom is -0.444 e. The summed E-state index contributed by atoms with van der Waals surface area (Å²) in [6, 6.07) is 14.7. The van der Waals surface area contributed by atoms with E-state index in [1.165, 1.54) is 6.42 Å². The Bertz CT molecular complexity index is 872. The van der Waals surface area contributed by atoms with Crippen molar-refractivity contribution in [3.05, 3.63) is 54.1 Å². The highest BCUT2D eigenvalue weighted by molar-refractivity contribution is 6.07. The number of nitrogens with one attached hydrogen (secondary N) is 2. The molecule has 1 saturated heterocycles. The van der Waals surface area contributed by atoms with Crippen molar-refractivity contribution in [3.8, 4) is 0 Å². The fourth-order valence-corrected chi connectivity index (χ4v) is 3.30. The number of para-hydroxylation sites is 2. The molecule has 2 aromatic carbocycles. The zero-order valence-electron chi connectivity index (χ0n) is 17.5. The zero-order chi connectivity index (χ0) is 21.0. The van der Waals surface area contributed by atoms with Crippen LogP contribution in [-0.4, -0.2) is 30.7 Å². The van der Waals surface area contributed by atoms with Crippen LogP contribution in [0.5, 0.6) is 0 Å². The molecule has 2 amide bonds. The lowest BCUT2D eigenvalue weighted by Gasteiger charge is -2.20. The lowest BCUT2D eigenvalue weighted by atomic mass is 10.1. The predicted octanol–water partition coefficient (Wildman–Crippen LogP) is 5.13. The highest BCUT2D eigenvalue weighted by Crippen LogP contribution is 2.25. The standard InChI is InChI=1S/C23H29N3O3/c1-16-13-14-26(15-16)18-11-9-17(10-12-18)21(27)24-19-7-5-6-8-20(19)25-22(28)29-23(2,3)4/h5-12,16H,13-15H2,1-4H3,(H,24,27)(H,25,28)/t16-/m0/s1. The number of carbonyl (C=O) groups is 2. The van der Waals surface area contributed by atoms with Gasteiger partial charge in [0.25, 0.3) is 5.91 Å². The molecule has 1 aliphatic heterocycles. The van der Waals surface area contributed by atoms with Crippen molar-refractivity contribution in [1.82, 2.24) is 0 Å². The van der Waals surface area contributed by atoms with Gasteiger partial charge in [-0.3, -0.25) is 10.1 Å². The quantitative estimate of drug-likeness (QED) is 0.753. The number of anilines is 3. The molecule has 2 N–H and O–H groups in total. The number of rotatable bonds is 4. The molecule has 29 heavy (non-hydrogen) atoms. The van der Waals surface area contributed by atoms with Crippen molar-refractivity contribution in [3.63, 3.8) is 0 Å². The van der Waals surface area contributed by atoms with Gasteiger partial charge in [0.2, 0.25) is 0 Å². The predicted molar refractivity (Wildman–Crippen MR) is 117 cm³/mol. The summed E-state index contributed by atoms with van der Waals surface area (Å²) in [5.74, 6) is 0.469. The second-order valence-corrected chi connectivity index (χ2v) is 8.51. The molecular weight excluding hydrogens is 366 g/mol. The van der Waals surface area contributed by atoms with Crippen LogP contribution >= 0.6 is 0 Å². The first-order valence-corrected chi connectivity index (χ1v) is 9.97. The lowest BCUT2D eigenvalue weighted by Crippen LogP contribution is -2.27. The second kappa shape index (κ2) is 8.55. The summed E-state index contributed by atoms with van der Waals surface area (Å²) in [4.78, 5) is 27.1. The molecule has 0 aliphatic carbocycles. The Labute approximate surface area is 172 Å². The van der Waals surface area contributed by atoms with E-state index >= 15 is 0 Å². The summed E-state index contributed by atoms with van der Waals surface area (Å²) < 4.78 is 5.29. The molecule has 6 heteroatoms. The average Bonchev–Trinajstić information content (AvgIpc) is 3.08. The number of nitrogens with zero attached hydrogens (tertiary/aromatic N) is 1. The largest absolute Gasteiger partial charge is 0.444 e. The van der Waals surface area contributed by atoms with Crippen LogP contribution in [0.15, 0.2) is 48.5 Å². The van der Waals surface area contributed by atoms with Crippen LogP contribution in [0.3, 0.4) is 0 Å². The minimum absolute atomic E-state index is 0.232. The van der Waals surface area contributed by atoms with E-state index in [2.05, 4.69) is 22.5 Å². The Morgan fingerprint density at radius 3 is 2.17 bits per heavy atom. The lowest BCUT2D eigenvalue weighted by molar-refractivity contribution is 0.0635. The number of ether oxygens (including phenoxy) is 1. The molecule has 0 spiro atoms. The number of amides is 2. The van der Waals surface area contributed by atoms with Crippen molar-refractivity contribution in [1.29, 1.82) is 0 Å². The molecule has 0 aromatic heterocycles. The van der Waals surface area contributed by atoms with Gasteiger partial charge in [-0.25, -0.2) is 4.79 Å². The molecule has 1 aliphatic rings. The number of hydrogen-bond donors (Lipinski definition) is 2. The van der Waals surface area contributed by atoms with Gasteiger partial charge in [-0.2, -0.15) is 0 Å². The van der Waals surface area contributed by atoms with Gasteiger partial charge in [-0.15, -0.1) is 0 Å². The van der Waals surface area contributed by atoms with Gasteiger partial charge in [-0.1, -0.05) is 19.1 Å². The first-order chi connectivity index (χ1) is 13.7. The van der Waals surface area contributed by atoms with Crippen LogP contribution in [-0.2, 0) is 4.74 Å². The summed E-state index contributed by atoms with van der Waals surface area (Å²) in [6.45, 7) is 9.75. The smallest absolute Gasteiger partial charge is 0.412 e. The van der Waals surface area contributed by atoms with Gasteiger partial charge in [0.1, 0.15) is 5.60 Å². The van der Waals surface area contributed by atoms with E-state index in [1.54, 1.807) is 45.0 Å². The van der Waals surface area contributed by atoms with Crippen LogP contribution in [0.1, 0.15) is 44.5 Å². The monoisotopic (exact) mass is 395 g/mol. The Hall–Kier alpha value is -3.02. The molecular formula is C23H29N3O3. The molecule has 0 unspecified atom stereocenters. The SMILES string of the molecule is C[C@H]1CCN(c2ccc(C(=O)Nc3ccccc3NC(=O)OC(C)(C)C)cc2)C1. The van der Waals surface area contributed by atoms with E-state index in [0.29, 0.717) is 22.9 Å². The van der Waals surface area contributed by atoms with Crippen molar-refractivity contribution in [2.45, 2.75) is 39.7 Å². The topological polar surface area (TPSA) is 70.7 Å². The van der Waals surface area contributed by atoms with Crippen LogP contribution in [0.4, 0.5) is 21.9 Å². The fraction of sp³-hybridized carbons (Fsp3) is 0.391. The van der Waals surface area contributed by atoms with Crippen molar-refractivity contribution in [2.75, 3.05) is 28.6 Å². The zero-order valence-corrected chi connectivity index (χ0v) is 17.5. The average molecular weight is 396 g/mol. The maximum absolute atomic E-state index is 12.7. The molecule has 0 saturated carbocycles. The maximum atomic E-state index is 12.7. The maximum Gasteiger partial charge on any atom is 0.412 e. The van der Waals surface area contributed by atoms with Crippen molar-refractivity contribution < 1.29 is 14.3 Å². The molecule has 1 fully saturated rings. The highest BCUT2D eigenvalue weighted by atomic mass is 16.6. The fourth-order valence-electron chi connectivity index (χ4n) is 3.30. The van der Waals surface area contributed by atoms with Crippen molar-refractivity contribution in [2.24, 2.45) is 5.92 Å². The molecule has 3 rings (SSSR count). The van der Waals surface area contributed by atoms with Crippen LogP contribution < -0.4 is 15.5 Å². The third kappa shape index (κ3) is 5.73. The Kier molecular flexibility index (Phi) is 6.11. The summed E-state index contributed by atoms with van der Waals surface area (Å²) in [7, 11) is 0. The van der Waals surface area contributed by atoms with E-state index in [-0.39, 0.29) is 5.91 Å². The van der Waals surface area contributed by atoms with Gasteiger partial charge in [0, 0.05) is 24.3 Å². The third-order valence-electron chi connectivity index (χ3n) is 4.73. The summed E-state index contributed by atoms with van der Waals surface area (Å²) >= 11 is 0. The molecule has 0 radical (unpaired) electrons. The number of carbonyl (C=O) groups excluding carboxylic acids is 2. The first-order valence-electron chi connectivity index (χ1n) is 9.97. The summed E-state index contributed by atoms with van der Waals surface area (Å²) in [5, 5.41) is 5.56. The number of benzene rings is 2. The third-order valence-corrected chi connectivity index (χ3v) is 4.73. The van der Waals surface area contributed by atoms with Gasteiger partial charge in [-0.05, 0) is 69.5 Å². The first kappa shape index (κ1) is 20.7. The normalized spacial score (nSPS) is 16.4. The second-order valence-electron chi connectivity index (χ2n) is 8.51. The number of hydrogen-bond acceptors (Lipinski definition) is 4. The van der Waals surface area contributed by atoms with E-state index in [9.17, 15) is 9.59 Å². The highest BCUT2D eigenvalue weighted by Gasteiger charge is 2.20. The van der Waals surface area contributed by atoms with Crippen LogP contribution in [0.2, 0.25) is 0 Å². The molecule has 154 valence electrons. The van der Waals surface area contributed by atoms with E-state index in [1.807, 2.05) is 24.3 Å². The summed E-state index contributed by atoms with van der Waals surface area (Å²) in [5.41, 5.74) is 2.10. The van der Waals surface area contributed by atoms with Gasteiger partial charge >= 0.3 is 6.09 Å². The van der Waals surface area contributed by atoms with E-state index < -0.39 is 11.7 Å². The minimum atomic E-state index is -0.600. The summed E-state index contributed by atoms with van der Waals surface area (Å²) in [6.07, 6.45) is 0.632. The van der Waals surface area contributed by atoms with E-state index in [4.69, 9.17) is 4.74 Å². The molecule has 2 aromatic rings. The molecule has 1 heterocycles. The Balaban J connectivity index is 1.67. The molecule has 6 nitrogen and oxygen atoms in total. The van der Waals surface area contributed by atoms with Gasteiger partial charge < -0.3 is 15.0 Å². The van der Waals surface area contributed by atoms with Crippen LogP contribution in [0, 0.1) is 5.92 Å². The van der Waals surface area contributed by atoms with Crippen molar-refractivity contribution >= 4 is 29.1 Å². The van der Waals surface area contributed by atoms with E-state index in [0.717, 1.165) is 18.8 Å².